The molecule has 0 bridgehead atoms. The highest BCUT2D eigenvalue weighted by molar-refractivity contribution is 7.12. The number of Topliss-reactive ketones (excluding diaryl/α,β-unsaturated/α-hetero) is 1. The molecule has 1 N–H and O–H groups in total. The number of thiophene rings is 1. The van der Waals surface area contributed by atoms with Gasteiger partial charge in [0.25, 0.3) is 5.91 Å². The van der Waals surface area contributed by atoms with Crippen LogP contribution in [0.25, 0.3) is 0 Å². The Morgan fingerprint density at radius 3 is 2.86 bits per heavy atom. The van der Waals surface area contributed by atoms with Crippen molar-refractivity contribution in [1.29, 1.82) is 0 Å². The van der Waals surface area contributed by atoms with Crippen molar-refractivity contribution in [3.8, 4) is 5.88 Å². The van der Waals surface area contributed by atoms with E-state index in [2.05, 4.69) is 10.3 Å². The van der Waals surface area contributed by atoms with E-state index in [1.165, 1.54) is 24.5 Å². The van der Waals surface area contributed by atoms with Crippen molar-refractivity contribution in [2.24, 2.45) is 0 Å². The largest absolute Gasteiger partial charge is 0.476 e. The first-order valence-electron chi connectivity index (χ1n) is 6.18. The van der Waals surface area contributed by atoms with Gasteiger partial charge in [-0.05, 0) is 19.1 Å². The molecular formula is C14H13ClN2O3S. The molecule has 0 radical (unpaired) electrons. The standard InChI is InChI=1S/C14H13ClN2O3S/c1-9(18)10-6-12(21-8-10)14(19)16-4-5-20-13-3-2-11(15)7-17-13/h2-3,6-8H,4-5H2,1H3,(H,16,19). The molecule has 2 rings (SSSR count). The van der Waals surface area contributed by atoms with Crippen molar-refractivity contribution in [3.63, 3.8) is 0 Å². The first-order valence-corrected chi connectivity index (χ1v) is 7.44. The number of hydrogen-bond acceptors (Lipinski definition) is 5. The van der Waals surface area contributed by atoms with E-state index in [0.717, 1.165) is 0 Å². The smallest absolute Gasteiger partial charge is 0.261 e. The Kier molecular flexibility index (Phi) is 5.30. The summed E-state index contributed by atoms with van der Waals surface area (Å²) in [4.78, 5) is 27.5. The fourth-order valence-electron chi connectivity index (χ4n) is 1.49. The molecule has 2 heterocycles. The number of amides is 1. The minimum atomic E-state index is -0.222. The molecule has 7 heteroatoms. The highest BCUT2D eigenvalue weighted by Crippen LogP contribution is 2.15. The van der Waals surface area contributed by atoms with Crippen LogP contribution < -0.4 is 10.1 Å². The maximum atomic E-state index is 11.8. The first-order chi connectivity index (χ1) is 10.1. The van der Waals surface area contributed by atoms with E-state index in [1.807, 2.05) is 0 Å². The zero-order chi connectivity index (χ0) is 15.2. The molecule has 0 spiro atoms. The lowest BCUT2D eigenvalue weighted by atomic mass is 10.2. The Morgan fingerprint density at radius 1 is 1.43 bits per heavy atom. The van der Waals surface area contributed by atoms with Gasteiger partial charge in [-0.25, -0.2) is 4.98 Å². The summed E-state index contributed by atoms with van der Waals surface area (Å²) < 4.78 is 5.36. The highest BCUT2D eigenvalue weighted by Gasteiger charge is 2.10. The van der Waals surface area contributed by atoms with Crippen LogP contribution in [-0.2, 0) is 0 Å². The van der Waals surface area contributed by atoms with Crippen molar-refractivity contribution in [3.05, 3.63) is 45.2 Å². The van der Waals surface area contributed by atoms with E-state index in [-0.39, 0.29) is 11.7 Å². The molecule has 0 aliphatic rings. The normalized spacial score (nSPS) is 10.2. The van der Waals surface area contributed by atoms with Crippen LogP contribution in [0.4, 0.5) is 0 Å². The SMILES string of the molecule is CC(=O)c1csc(C(=O)NCCOc2ccc(Cl)cn2)c1. The van der Waals surface area contributed by atoms with E-state index in [1.54, 1.807) is 23.6 Å². The number of ketones is 1. The van der Waals surface area contributed by atoms with Gasteiger partial charge in [-0.1, -0.05) is 11.6 Å². The van der Waals surface area contributed by atoms with Gasteiger partial charge in [0.1, 0.15) is 6.61 Å². The summed E-state index contributed by atoms with van der Waals surface area (Å²) in [6, 6.07) is 4.92. The number of nitrogens with zero attached hydrogens (tertiary/aromatic N) is 1. The zero-order valence-corrected chi connectivity index (χ0v) is 12.8. The maximum absolute atomic E-state index is 11.8. The molecule has 2 aromatic heterocycles. The van der Waals surface area contributed by atoms with Crippen LogP contribution in [0.15, 0.2) is 29.8 Å². The predicted octanol–water partition coefficient (Wildman–Crippen LogP) is 2.81. The van der Waals surface area contributed by atoms with Gasteiger partial charge in [0.15, 0.2) is 5.78 Å². The number of carbonyl (C=O) groups excluding carboxylic acids is 2. The molecule has 0 aliphatic heterocycles. The van der Waals surface area contributed by atoms with E-state index in [4.69, 9.17) is 16.3 Å². The second-order valence-electron chi connectivity index (χ2n) is 4.17. The summed E-state index contributed by atoms with van der Waals surface area (Å²) in [7, 11) is 0. The molecule has 5 nitrogen and oxygen atoms in total. The third kappa shape index (κ3) is 4.54. The fourth-order valence-corrected chi connectivity index (χ4v) is 2.47. The molecule has 1 amide bonds. The fraction of sp³-hybridized carbons (Fsp3) is 0.214. The van der Waals surface area contributed by atoms with E-state index < -0.39 is 0 Å². The molecule has 0 saturated carbocycles. The zero-order valence-electron chi connectivity index (χ0n) is 11.3. The van der Waals surface area contributed by atoms with Crippen molar-refractivity contribution < 1.29 is 14.3 Å². The average molecular weight is 325 g/mol. The Bertz CT molecular complexity index is 640. The van der Waals surface area contributed by atoms with Crippen LogP contribution in [0.2, 0.25) is 5.02 Å². The maximum Gasteiger partial charge on any atom is 0.261 e. The van der Waals surface area contributed by atoms with Gasteiger partial charge in [-0.3, -0.25) is 9.59 Å². The van der Waals surface area contributed by atoms with Crippen molar-refractivity contribution in [2.75, 3.05) is 13.2 Å². The van der Waals surface area contributed by atoms with Crippen molar-refractivity contribution in [1.82, 2.24) is 10.3 Å². The molecule has 0 saturated heterocycles. The summed E-state index contributed by atoms with van der Waals surface area (Å²) in [6.07, 6.45) is 1.49. The lowest BCUT2D eigenvalue weighted by Gasteiger charge is -2.06. The average Bonchev–Trinajstić information content (AvgIpc) is 2.95. The van der Waals surface area contributed by atoms with Crippen LogP contribution in [0.5, 0.6) is 5.88 Å². The van der Waals surface area contributed by atoms with Crippen LogP contribution in [0.3, 0.4) is 0 Å². The predicted molar refractivity (Wildman–Crippen MR) is 81.4 cm³/mol. The lowest BCUT2D eigenvalue weighted by Crippen LogP contribution is -2.27. The van der Waals surface area contributed by atoms with Gasteiger partial charge in [-0.2, -0.15) is 0 Å². The minimum Gasteiger partial charge on any atom is -0.476 e. The number of carbonyl (C=O) groups is 2. The second kappa shape index (κ2) is 7.19. The Hall–Kier alpha value is -1.92. The number of halogens is 1. The lowest BCUT2D eigenvalue weighted by molar-refractivity contribution is 0.0950. The number of rotatable bonds is 6. The van der Waals surface area contributed by atoms with Gasteiger partial charge in [0.2, 0.25) is 5.88 Å². The molecule has 0 unspecified atom stereocenters. The summed E-state index contributed by atoms with van der Waals surface area (Å²) in [6.45, 7) is 2.11. The summed E-state index contributed by atoms with van der Waals surface area (Å²) in [5.41, 5.74) is 0.548. The van der Waals surface area contributed by atoms with Gasteiger partial charge in [0, 0.05) is 23.2 Å². The van der Waals surface area contributed by atoms with E-state index >= 15 is 0 Å². The molecule has 110 valence electrons. The van der Waals surface area contributed by atoms with Crippen LogP contribution in [0, 0.1) is 0 Å². The van der Waals surface area contributed by atoms with Gasteiger partial charge < -0.3 is 10.1 Å². The van der Waals surface area contributed by atoms with Crippen LogP contribution >= 0.6 is 22.9 Å². The third-order valence-corrected chi connectivity index (χ3v) is 3.72. The summed E-state index contributed by atoms with van der Waals surface area (Å²) in [5, 5.41) is 4.92. The number of hydrogen-bond donors (Lipinski definition) is 1. The van der Waals surface area contributed by atoms with Crippen molar-refractivity contribution in [2.45, 2.75) is 6.92 Å². The summed E-state index contributed by atoms with van der Waals surface area (Å²) >= 11 is 6.95. The number of pyridine rings is 1. The molecule has 21 heavy (non-hydrogen) atoms. The molecule has 0 aromatic carbocycles. The molecule has 0 aliphatic carbocycles. The molecule has 0 atom stereocenters. The monoisotopic (exact) mass is 324 g/mol. The third-order valence-electron chi connectivity index (χ3n) is 2.57. The van der Waals surface area contributed by atoms with E-state index in [0.29, 0.717) is 34.5 Å². The van der Waals surface area contributed by atoms with Gasteiger partial charge in [-0.15, -0.1) is 11.3 Å². The van der Waals surface area contributed by atoms with Gasteiger partial charge >= 0.3 is 0 Å². The number of nitrogens with one attached hydrogen (secondary N) is 1. The Balaban J connectivity index is 1.76. The Morgan fingerprint density at radius 2 is 2.24 bits per heavy atom. The Labute approximate surface area is 130 Å². The number of ether oxygens (including phenoxy) is 1. The second-order valence-corrected chi connectivity index (χ2v) is 5.52. The molecule has 2 aromatic rings. The molecular weight excluding hydrogens is 312 g/mol. The summed E-state index contributed by atoms with van der Waals surface area (Å²) in [5.74, 6) is 0.172. The van der Waals surface area contributed by atoms with Crippen LogP contribution in [0.1, 0.15) is 27.0 Å². The van der Waals surface area contributed by atoms with Crippen molar-refractivity contribution >= 4 is 34.6 Å². The van der Waals surface area contributed by atoms with Crippen LogP contribution in [-0.4, -0.2) is 29.8 Å². The van der Waals surface area contributed by atoms with E-state index in [9.17, 15) is 9.59 Å². The molecule has 0 fully saturated rings. The highest BCUT2D eigenvalue weighted by atomic mass is 35.5. The quantitative estimate of drug-likeness (QED) is 0.655. The first kappa shape index (κ1) is 15.5. The number of aromatic nitrogens is 1. The van der Waals surface area contributed by atoms with Gasteiger partial charge in [0.05, 0.1) is 16.4 Å². The minimum absolute atomic E-state index is 0.0533. The topological polar surface area (TPSA) is 68.3 Å².